The first-order valence-corrected chi connectivity index (χ1v) is 8.06. The number of esters is 1. The van der Waals surface area contributed by atoms with E-state index in [2.05, 4.69) is 11.9 Å². The molecule has 0 saturated carbocycles. The van der Waals surface area contributed by atoms with Crippen molar-refractivity contribution in [3.05, 3.63) is 78.1 Å². The molecule has 0 heterocycles. The van der Waals surface area contributed by atoms with Crippen LogP contribution < -0.4 is 10.1 Å². The van der Waals surface area contributed by atoms with Crippen molar-refractivity contribution in [2.24, 2.45) is 0 Å². The highest BCUT2D eigenvalue weighted by Crippen LogP contribution is 2.17. The molecule has 1 amide bonds. The van der Waals surface area contributed by atoms with Crippen LogP contribution in [0.4, 0.5) is 4.39 Å². The normalized spacial score (nSPS) is 11.3. The van der Waals surface area contributed by atoms with Crippen molar-refractivity contribution in [1.29, 1.82) is 0 Å². The van der Waals surface area contributed by atoms with Crippen molar-refractivity contribution in [3.8, 4) is 5.75 Å². The van der Waals surface area contributed by atoms with Crippen LogP contribution in [0.2, 0.25) is 0 Å². The average Bonchev–Trinajstić information content (AvgIpc) is 2.65. The van der Waals surface area contributed by atoms with E-state index in [9.17, 15) is 14.0 Å². The Bertz CT molecular complexity index is 774. The number of hydrogen-bond acceptors (Lipinski definition) is 4. The first kappa shape index (κ1) is 19.2. The van der Waals surface area contributed by atoms with E-state index in [1.165, 1.54) is 31.2 Å². The zero-order chi connectivity index (χ0) is 18.9. The molecule has 2 aromatic carbocycles. The summed E-state index contributed by atoms with van der Waals surface area (Å²) in [7, 11) is 0. The quantitative estimate of drug-likeness (QED) is 0.582. The Morgan fingerprint density at radius 1 is 1.23 bits per heavy atom. The van der Waals surface area contributed by atoms with Gasteiger partial charge in [0.15, 0.2) is 6.10 Å². The summed E-state index contributed by atoms with van der Waals surface area (Å²) in [5, 5.41) is 2.56. The van der Waals surface area contributed by atoms with E-state index in [1.807, 2.05) is 0 Å². The molecule has 6 heteroatoms. The highest BCUT2D eigenvalue weighted by molar-refractivity contribution is 5.92. The Hall–Kier alpha value is -3.15. The van der Waals surface area contributed by atoms with Crippen molar-refractivity contribution < 1.29 is 23.5 Å². The summed E-state index contributed by atoms with van der Waals surface area (Å²) in [6.07, 6.45) is 0.611. The molecule has 0 saturated heterocycles. The molecule has 0 aliphatic carbocycles. The molecule has 0 unspecified atom stereocenters. The van der Waals surface area contributed by atoms with Gasteiger partial charge in [0.25, 0.3) is 5.91 Å². The van der Waals surface area contributed by atoms with E-state index in [1.54, 1.807) is 30.3 Å². The summed E-state index contributed by atoms with van der Waals surface area (Å²) in [6, 6.07) is 12.4. The number of nitrogens with one attached hydrogen (secondary N) is 1. The second-order valence-electron chi connectivity index (χ2n) is 5.52. The Morgan fingerprint density at radius 2 is 1.96 bits per heavy atom. The molecule has 2 rings (SSSR count). The summed E-state index contributed by atoms with van der Waals surface area (Å²) in [5.74, 6) is -0.877. The molecule has 0 bridgehead atoms. The number of carbonyl (C=O) groups is 2. The molecule has 136 valence electrons. The topological polar surface area (TPSA) is 64.6 Å². The first-order valence-electron chi connectivity index (χ1n) is 8.06. The van der Waals surface area contributed by atoms with Crippen molar-refractivity contribution >= 4 is 11.9 Å². The SMILES string of the molecule is C=CCNC(=O)[C@@H](C)OC(=O)c1cccc(OCc2ccc(F)cc2)c1. The van der Waals surface area contributed by atoms with Crippen molar-refractivity contribution in [1.82, 2.24) is 5.32 Å². The molecule has 0 radical (unpaired) electrons. The zero-order valence-electron chi connectivity index (χ0n) is 14.4. The van der Waals surface area contributed by atoms with E-state index >= 15 is 0 Å². The molecule has 1 N–H and O–H groups in total. The lowest BCUT2D eigenvalue weighted by atomic mass is 10.2. The fourth-order valence-corrected chi connectivity index (χ4v) is 2.06. The highest BCUT2D eigenvalue weighted by Gasteiger charge is 2.18. The minimum absolute atomic E-state index is 0.235. The first-order chi connectivity index (χ1) is 12.5. The molecule has 2 aromatic rings. The maximum atomic E-state index is 12.9. The molecule has 5 nitrogen and oxygen atoms in total. The van der Waals surface area contributed by atoms with Crippen LogP contribution in [0.15, 0.2) is 61.2 Å². The van der Waals surface area contributed by atoms with Gasteiger partial charge in [0.05, 0.1) is 5.56 Å². The lowest BCUT2D eigenvalue weighted by Crippen LogP contribution is -2.35. The fraction of sp³-hybridized carbons (Fsp3) is 0.200. The second-order valence-corrected chi connectivity index (χ2v) is 5.52. The van der Waals surface area contributed by atoms with Gasteiger partial charge in [-0.15, -0.1) is 6.58 Å². The van der Waals surface area contributed by atoms with Gasteiger partial charge < -0.3 is 14.8 Å². The number of rotatable bonds is 8. The molecule has 26 heavy (non-hydrogen) atoms. The third kappa shape index (κ3) is 5.73. The van der Waals surface area contributed by atoms with Gasteiger partial charge in [0.1, 0.15) is 18.2 Å². The Labute approximate surface area is 151 Å². The van der Waals surface area contributed by atoms with Gasteiger partial charge in [-0.25, -0.2) is 9.18 Å². The van der Waals surface area contributed by atoms with E-state index in [4.69, 9.17) is 9.47 Å². The predicted molar refractivity (Wildman–Crippen MR) is 95.3 cm³/mol. The Kier molecular flexibility index (Phi) is 6.91. The van der Waals surface area contributed by atoms with E-state index in [-0.39, 0.29) is 18.0 Å². The average molecular weight is 357 g/mol. The zero-order valence-corrected chi connectivity index (χ0v) is 14.4. The third-order valence-electron chi connectivity index (χ3n) is 3.46. The summed E-state index contributed by atoms with van der Waals surface area (Å²) in [4.78, 5) is 23.9. The monoisotopic (exact) mass is 357 g/mol. The smallest absolute Gasteiger partial charge is 0.339 e. The molecule has 1 atom stereocenters. The number of halogens is 1. The Morgan fingerprint density at radius 3 is 2.65 bits per heavy atom. The molecular formula is C20H20FNO4. The van der Waals surface area contributed by atoms with Crippen LogP contribution in [0.25, 0.3) is 0 Å². The Balaban J connectivity index is 1.94. The summed E-state index contributed by atoms with van der Waals surface area (Å²) in [6.45, 7) is 5.52. The van der Waals surface area contributed by atoms with Gasteiger partial charge in [-0.2, -0.15) is 0 Å². The summed E-state index contributed by atoms with van der Waals surface area (Å²) < 4.78 is 23.6. The van der Waals surface area contributed by atoms with E-state index < -0.39 is 18.0 Å². The van der Waals surface area contributed by atoms with Gasteiger partial charge in [0.2, 0.25) is 0 Å². The minimum Gasteiger partial charge on any atom is -0.489 e. The van der Waals surface area contributed by atoms with Gasteiger partial charge in [-0.1, -0.05) is 24.3 Å². The highest BCUT2D eigenvalue weighted by atomic mass is 19.1. The van der Waals surface area contributed by atoms with Gasteiger partial charge >= 0.3 is 5.97 Å². The standard InChI is InChI=1S/C20H20FNO4/c1-3-11-22-19(23)14(2)26-20(24)16-5-4-6-18(12-16)25-13-15-7-9-17(21)10-8-15/h3-10,12,14H,1,11,13H2,2H3,(H,22,23)/t14-/m1/s1. The minimum atomic E-state index is -0.925. The van der Waals surface area contributed by atoms with Crippen LogP contribution in [-0.4, -0.2) is 24.5 Å². The molecule has 0 spiro atoms. The van der Waals surface area contributed by atoms with Crippen LogP contribution >= 0.6 is 0 Å². The van der Waals surface area contributed by atoms with Crippen molar-refractivity contribution in [2.75, 3.05) is 6.54 Å². The maximum absolute atomic E-state index is 12.9. The summed E-state index contributed by atoms with van der Waals surface area (Å²) >= 11 is 0. The predicted octanol–water partition coefficient (Wildman–Crippen LogP) is 3.25. The lowest BCUT2D eigenvalue weighted by molar-refractivity contribution is -0.128. The number of ether oxygens (including phenoxy) is 2. The molecule has 0 aliphatic heterocycles. The van der Waals surface area contributed by atoms with Crippen LogP contribution in [0.3, 0.4) is 0 Å². The maximum Gasteiger partial charge on any atom is 0.339 e. The molecule has 0 aromatic heterocycles. The van der Waals surface area contributed by atoms with Crippen LogP contribution in [0.5, 0.6) is 5.75 Å². The number of hydrogen-bond donors (Lipinski definition) is 1. The second kappa shape index (κ2) is 9.36. The van der Waals surface area contributed by atoms with Crippen LogP contribution in [0.1, 0.15) is 22.8 Å². The number of benzene rings is 2. The fourth-order valence-electron chi connectivity index (χ4n) is 2.06. The lowest BCUT2D eigenvalue weighted by Gasteiger charge is -2.13. The number of amides is 1. The largest absolute Gasteiger partial charge is 0.489 e. The molecule has 0 fully saturated rings. The van der Waals surface area contributed by atoms with Gasteiger partial charge in [-0.05, 0) is 42.8 Å². The van der Waals surface area contributed by atoms with E-state index in [0.717, 1.165) is 5.56 Å². The van der Waals surface area contributed by atoms with E-state index in [0.29, 0.717) is 12.3 Å². The van der Waals surface area contributed by atoms with Gasteiger partial charge in [-0.3, -0.25) is 4.79 Å². The van der Waals surface area contributed by atoms with Crippen LogP contribution in [-0.2, 0) is 16.1 Å². The third-order valence-corrected chi connectivity index (χ3v) is 3.46. The number of carbonyl (C=O) groups excluding carboxylic acids is 2. The van der Waals surface area contributed by atoms with Crippen LogP contribution in [0, 0.1) is 5.82 Å². The molecule has 0 aliphatic rings. The van der Waals surface area contributed by atoms with Gasteiger partial charge in [0, 0.05) is 6.54 Å². The van der Waals surface area contributed by atoms with Crippen molar-refractivity contribution in [3.63, 3.8) is 0 Å². The van der Waals surface area contributed by atoms with Crippen molar-refractivity contribution in [2.45, 2.75) is 19.6 Å². The summed E-state index contributed by atoms with van der Waals surface area (Å²) in [5.41, 5.74) is 1.07. The molecular weight excluding hydrogens is 337 g/mol.